The molecule has 0 bridgehead atoms. The molecule has 0 spiro atoms. The second-order valence-electron chi connectivity index (χ2n) is 10.1. The van der Waals surface area contributed by atoms with Crippen molar-refractivity contribution in [2.45, 2.75) is 24.7 Å². The molecule has 38 heavy (non-hydrogen) atoms. The van der Waals surface area contributed by atoms with E-state index in [1.165, 1.54) is 0 Å². The number of carbonyl (C=O) groups is 3. The molecule has 2 heterocycles. The van der Waals surface area contributed by atoms with Crippen LogP contribution in [0.4, 0.5) is 4.79 Å². The summed E-state index contributed by atoms with van der Waals surface area (Å²) in [6.07, 6.45) is -1.31. The number of para-hydroxylation sites is 1. The van der Waals surface area contributed by atoms with E-state index in [-0.39, 0.29) is 25.2 Å². The SMILES string of the molecule is COC(=O)N1C(=O)[C@H]2[C@H](C[C@H](COc3ccccc3)[C@@]3(O)O[C@H](c4ccc(O)c5ccccc45)C[C@@H]23)C1=O. The van der Waals surface area contributed by atoms with Crippen LogP contribution in [0, 0.1) is 23.7 Å². The Hall–Kier alpha value is -3.95. The van der Waals surface area contributed by atoms with Gasteiger partial charge in [0.1, 0.15) is 11.5 Å². The van der Waals surface area contributed by atoms with Gasteiger partial charge in [0.05, 0.1) is 31.7 Å². The number of ether oxygens (including phenoxy) is 3. The van der Waals surface area contributed by atoms with Crippen LogP contribution in [0.5, 0.6) is 11.5 Å². The first-order valence-corrected chi connectivity index (χ1v) is 12.6. The monoisotopic (exact) mass is 517 g/mol. The molecule has 1 saturated carbocycles. The number of imide groups is 3. The topological polar surface area (TPSA) is 123 Å². The Balaban J connectivity index is 1.39. The van der Waals surface area contributed by atoms with Gasteiger partial charge in [-0.2, -0.15) is 4.90 Å². The highest BCUT2D eigenvalue weighted by molar-refractivity contribution is 6.15. The molecule has 3 aliphatic rings. The molecule has 9 heteroatoms. The number of carbonyl (C=O) groups excluding carboxylic acids is 3. The van der Waals surface area contributed by atoms with Crippen molar-refractivity contribution in [2.24, 2.45) is 23.7 Å². The molecular weight excluding hydrogens is 490 g/mol. The first-order valence-electron chi connectivity index (χ1n) is 12.6. The van der Waals surface area contributed by atoms with E-state index in [2.05, 4.69) is 0 Å². The molecule has 3 amide bonds. The van der Waals surface area contributed by atoms with Crippen LogP contribution in [0.15, 0.2) is 66.7 Å². The number of hydrogen-bond acceptors (Lipinski definition) is 8. The second-order valence-corrected chi connectivity index (χ2v) is 10.1. The van der Waals surface area contributed by atoms with Gasteiger partial charge >= 0.3 is 6.09 Å². The van der Waals surface area contributed by atoms with E-state index in [0.717, 1.165) is 18.1 Å². The molecule has 196 valence electrons. The number of methoxy groups -OCH3 is 1. The smallest absolute Gasteiger partial charge is 0.423 e. The van der Waals surface area contributed by atoms with Crippen molar-refractivity contribution in [1.82, 2.24) is 4.90 Å². The van der Waals surface area contributed by atoms with Gasteiger partial charge in [0.25, 0.3) is 0 Å². The lowest BCUT2D eigenvalue weighted by molar-refractivity contribution is -0.272. The third-order valence-corrected chi connectivity index (χ3v) is 8.20. The Labute approximate surface area is 218 Å². The Morgan fingerprint density at radius 3 is 2.45 bits per heavy atom. The maximum atomic E-state index is 13.4. The summed E-state index contributed by atoms with van der Waals surface area (Å²) in [6, 6.07) is 19.7. The van der Waals surface area contributed by atoms with E-state index in [4.69, 9.17) is 14.2 Å². The first-order chi connectivity index (χ1) is 18.3. The van der Waals surface area contributed by atoms with Crippen LogP contribution in [-0.2, 0) is 19.1 Å². The van der Waals surface area contributed by atoms with Gasteiger partial charge in [0.2, 0.25) is 11.8 Å². The molecule has 3 aromatic rings. The fraction of sp³-hybridized carbons (Fsp3) is 0.345. The zero-order valence-corrected chi connectivity index (χ0v) is 20.7. The maximum absolute atomic E-state index is 13.4. The Kier molecular flexibility index (Phi) is 5.85. The van der Waals surface area contributed by atoms with Gasteiger partial charge in [-0.1, -0.05) is 48.5 Å². The van der Waals surface area contributed by atoms with Crippen LogP contribution in [0.25, 0.3) is 10.8 Å². The molecule has 2 N–H and O–H groups in total. The minimum absolute atomic E-state index is 0.0446. The van der Waals surface area contributed by atoms with Crippen LogP contribution in [-0.4, -0.2) is 52.5 Å². The largest absolute Gasteiger partial charge is 0.507 e. The number of rotatable bonds is 4. The minimum atomic E-state index is -1.79. The van der Waals surface area contributed by atoms with Crippen LogP contribution in [0.3, 0.4) is 0 Å². The average molecular weight is 518 g/mol. The molecule has 6 atom stereocenters. The standard InChI is InChI=1S/C29H27NO8/c1-36-28(34)30-26(32)21-13-16(15-37-17-7-3-2-4-8-17)29(35)22(25(21)27(30)33)14-24(38-29)20-11-12-23(31)19-10-6-5-9-18(19)20/h2-12,16,21-22,24-25,31,35H,13-15H2,1H3/t16-,21+,22+,24+,25+,29-/m1/s1. The predicted molar refractivity (Wildman–Crippen MR) is 134 cm³/mol. The second kappa shape index (κ2) is 9.11. The predicted octanol–water partition coefficient (Wildman–Crippen LogP) is 3.78. The summed E-state index contributed by atoms with van der Waals surface area (Å²) < 4.78 is 17.1. The summed E-state index contributed by atoms with van der Waals surface area (Å²) in [4.78, 5) is 39.5. The molecule has 0 radical (unpaired) electrons. The summed E-state index contributed by atoms with van der Waals surface area (Å²) in [7, 11) is 1.11. The lowest BCUT2D eigenvalue weighted by Gasteiger charge is -2.44. The normalized spacial score (nSPS) is 30.3. The van der Waals surface area contributed by atoms with Crippen molar-refractivity contribution in [2.75, 3.05) is 13.7 Å². The van der Waals surface area contributed by atoms with Gasteiger partial charge in [-0.25, -0.2) is 4.79 Å². The lowest BCUT2D eigenvalue weighted by Crippen LogP contribution is -2.55. The molecule has 0 unspecified atom stereocenters. The van der Waals surface area contributed by atoms with Gasteiger partial charge < -0.3 is 24.4 Å². The number of aromatic hydroxyl groups is 1. The van der Waals surface area contributed by atoms with E-state index < -0.39 is 53.5 Å². The molecule has 2 saturated heterocycles. The van der Waals surface area contributed by atoms with Crippen molar-refractivity contribution >= 4 is 28.7 Å². The highest BCUT2D eigenvalue weighted by Crippen LogP contribution is 2.58. The summed E-state index contributed by atoms with van der Waals surface area (Å²) in [6.45, 7) is 0.0446. The number of hydrogen-bond donors (Lipinski definition) is 2. The highest BCUT2D eigenvalue weighted by atomic mass is 16.6. The molecule has 9 nitrogen and oxygen atoms in total. The maximum Gasteiger partial charge on any atom is 0.423 e. The first kappa shape index (κ1) is 24.4. The molecule has 2 aliphatic heterocycles. The van der Waals surface area contributed by atoms with Crippen LogP contribution < -0.4 is 4.74 Å². The molecular formula is C29H27NO8. The van der Waals surface area contributed by atoms with E-state index >= 15 is 0 Å². The molecule has 3 aromatic carbocycles. The van der Waals surface area contributed by atoms with Crippen molar-refractivity contribution in [3.8, 4) is 11.5 Å². The number of likely N-dealkylation sites (tertiary alicyclic amines) is 1. The number of phenolic OH excluding ortho intramolecular Hbond substituents is 1. The fourth-order valence-corrected chi connectivity index (χ4v) is 6.44. The van der Waals surface area contributed by atoms with Crippen molar-refractivity contribution in [1.29, 1.82) is 0 Å². The number of fused-ring (bicyclic) bond motifs is 4. The van der Waals surface area contributed by atoms with E-state index in [0.29, 0.717) is 16.0 Å². The Morgan fingerprint density at radius 2 is 1.71 bits per heavy atom. The number of aliphatic hydroxyl groups is 1. The number of nitrogens with zero attached hydrogens (tertiary/aromatic N) is 1. The fourth-order valence-electron chi connectivity index (χ4n) is 6.44. The summed E-state index contributed by atoms with van der Waals surface area (Å²) >= 11 is 0. The molecule has 6 rings (SSSR count). The van der Waals surface area contributed by atoms with Crippen LogP contribution in [0.2, 0.25) is 0 Å². The van der Waals surface area contributed by atoms with Gasteiger partial charge in [0, 0.05) is 17.2 Å². The van der Waals surface area contributed by atoms with Gasteiger partial charge in [-0.05, 0) is 42.0 Å². The van der Waals surface area contributed by atoms with Gasteiger partial charge in [0.15, 0.2) is 5.79 Å². The van der Waals surface area contributed by atoms with Crippen LogP contribution >= 0.6 is 0 Å². The lowest BCUT2D eigenvalue weighted by atomic mass is 9.64. The van der Waals surface area contributed by atoms with Gasteiger partial charge in [-0.15, -0.1) is 0 Å². The zero-order chi connectivity index (χ0) is 26.6. The third kappa shape index (κ3) is 3.65. The van der Waals surface area contributed by atoms with Crippen molar-refractivity contribution < 1.29 is 38.8 Å². The van der Waals surface area contributed by atoms with E-state index in [1.807, 2.05) is 36.4 Å². The number of amides is 3. The van der Waals surface area contributed by atoms with Crippen molar-refractivity contribution in [3.63, 3.8) is 0 Å². The molecule has 0 aromatic heterocycles. The molecule has 1 aliphatic carbocycles. The zero-order valence-electron chi connectivity index (χ0n) is 20.7. The quantitative estimate of drug-likeness (QED) is 0.502. The number of benzene rings is 3. The van der Waals surface area contributed by atoms with E-state index in [9.17, 15) is 24.6 Å². The summed E-state index contributed by atoms with van der Waals surface area (Å²) in [5.74, 6) is -5.55. The summed E-state index contributed by atoms with van der Waals surface area (Å²) in [5, 5.41) is 23.9. The summed E-state index contributed by atoms with van der Waals surface area (Å²) in [5.41, 5.74) is 0.752. The van der Waals surface area contributed by atoms with E-state index in [1.54, 1.807) is 30.3 Å². The molecule has 3 fully saturated rings. The third-order valence-electron chi connectivity index (χ3n) is 8.20. The van der Waals surface area contributed by atoms with Crippen LogP contribution in [0.1, 0.15) is 24.5 Å². The van der Waals surface area contributed by atoms with Crippen molar-refractivity contribution in [3.05, 3.63) is 72.3 Å². The number of phenols is 1. The Bertz CT molecular complexity index is 1420. The average Bonchev–Trinajstić information content (AvgIpc) is 3.41. The van der Waals surface area contributed by atoms with Gasteiger partial charge in [-0.3, -0.25) is 9.59 Å². The highest BCUT2D eigenvalue weighted by Gasteiger charge is 2.68. The minimum Gasteiger partial charge on any atom is -0.507 e. The Morgan fingerprint density at radius 1 is 1.00 bits per heavy atom.